The summed E-state index contributed by atoms with van der Waals surface area (Å²) >= 11 is 0. The number of nitrogens with zero attached hydrogens (tertiary/aromatic N) is 2. The molecule has 1 aliphatic heterocycles. The lowest BCUT2D eigenvalue weighted by Crippen LogP contribution is -2.54. The fourth-order valence-electron chi connectivity index (χ4n) is 3.42. The zero-order valence-corrected chi connectivity index (χ0v) is 12.5. The first-order valence-electron chi connectivity index (χ1n) is 7.04. The second-order valence-electron chi connectivity index (χ2n) is 6.55. The number of Topliss-reactive ketones (excluding diaryl/α,β-unsaturated/α-hetero) is 1. The molecule has 21 heavy (non-hydrogen) atoms. The molecule has 1 aliphatic carbocycles. The third-order valence-electron chi connectivity index (χ3n) is 4.22. The fourth-order valence-corrected chi connectivity index (χ4v) is 3.42. The Balaban J connectivity index is 2.10. The Labute approximate surface area is 124 Å². The summed E-state index contributed by atoms with van der Waals surface area (Å²) in [6, 6.07) is 9.87. The van der Waals surface area contributed by atoms with Crippen molar-refractivity contribution >= 4 is 11.5 Å². The molecule has 0 N–H and O–H groups in total. The Morgan fingerprint density at radius 1 is 1.33 bits per heavy atom. The van der Waals surface area contributed by atoms with Gasteiger partial charge >= 0.3 is 0 Å². The Morgan fingerprint density at radius 3 is 2.76 bits per heavy atom. The van der Waals surface area contributed by atoms with Crippen molar-refractivity contribution in [3.8, 4) is 11.8 Å². The highest BCUT2D eigenvalue weighted by atomic mass is 16.5. The third kappa shape index (κ3) is 2.09. The highest BCUT2D eigenvalue weighted by molar-refractivity contribution is 6.04. The minimum Gasteiger partial charge on any atom is -0.479 e. The molecular formula is C17H18N2O2. The van der Waals surface area contributed by atoms with Gasteiger partial charge in [-0.1, -0.05) is 26.0 Å². The maximum absolute atomic E-state index is 12.3. The van der Waals surface area contributed by atoms with Crippen LogP contribution in [0.4, 0.5) is 5.69 Å². The number of carbonyl (C=O) groups excluding carboxylic acids is 1. The van der Waals surface area contributed by atoms with Gasteiger partial charge in [-0.3, -0.25) is 4.79 Å². The van der Waals surface area contributed by atoms with Gasteiger partial charge in [-0.05, 0) is 18.2 Å². The van der Waals surface area contributed by atoms with Gasteiger partial charge in [0.15, 0.2) is 5.78 Å². The van der Waals surface area contributed by atoms with Crippen LogP contribution in [0.1, 0.15) is 20.3 Å². The molecule has 3 rings (SSSR count). The summed E-state index contributed by atoms with van der Waals surface area (Å²) < 4.78 is 6.23. The minimum atomic E-state index is -0.619. The number of hydrogen-bond acceptors (Lipinski definition) is 4. The van der Waals surface area contributed by atoms with Crippen molar-refractivity contribution in [2.75, 3.05) is 18.5 Å². The average Bonchev–Trinajstić information content (AvgIpc) is 2.42. The molecule has 4 heteroatoms. The maximum atomic E-state index is 12.3. The maximum Gasteiger partial charge on any atom is 0.178 e. The van der Waals surface area contributed by atoms with Gasteiger partial charge in [0, 0.05) is 18.9 Å². The molecule has 0 amide bonds. The number of rotatable bonds is 0. The van der Waals surface area contributed by atoms with Crippen LogP contribution in [0.25, 0.3) is 0 Å². The Kier molecular flexibility index (Phi) is 2.84. The van der Waals surface area contributed by atoms with Gasteiger partial charge in [-0.2, -0.15) is 5.26 Å². The van der Waals surface area contributed by atoms with Crippen LogP contribution in [0.5, 0.6) is 5.75 Å². The van der Waals surface area contributed by atoms with E-state index in [1.165, 1.54) is 0 Å². The van der Waals surface area contributed by atoms with E-state index in [1.807, 2.05) is 51.2 Å². The highest BCUT2D eigenvalue weighted by Crippen LogP contribution is 2.45. The number of likely N-dealkylation sites (N-methyl/N-ethyl adjacent to an activating group) is 1. The van der Waals surface area contributed by atoms with Crippen LogP contribution in [0, 0.1) is 16.7 Å². The lowest BCUT2D eigenvalue weighted by molar-refractivity contribution is -0.126. The number of anilines is 1. The van der Waals surface area contributed by atoms with Gasteiger partial charge in [-0.25, -0.2) is 0 Å². The van der Waals surface area contributed by atoms with Gasteiger partial charge in [0.05, 0.1) is 17.8 Å². The van der Waals surface area contributed by atoms with E-state index >= 15 is 0 Å². The predicted octanol–water partition coefficient (Wildman–Crippen LogP) is 2.70. The number of nitriles is 1. The molecule has 0 radical (unpaired) electrons. The molecule has 1 heterocycles. The van der Waals surface area contributed by atoms with E-state index in [9.17, 15) is 10.1 Å². The Hall–Kier alpha value is -2.28. The number of ether oxygens (including phenoxy) is 1. The first kappa shape index (κ1) is 13.7. The predicted molar refractivity (Wildman–Crippen MR) is 80.2 cm³/mol. The van der Waals surface area contributed by atoms with Crippen molar-refractivity contribution in [2.24, 2.45) is 5.41 Å². The normalized spacial score (nSPS) is 26.7. The Morgan fingerprint density at radius 2 is 2.05 bits per heavy atom. The number of benzene rings is 1. The van der Waals surface area contributed by atoms with E-state index in [2.05, 4.69) is 4.90 Å². The Bertz CT molecular complexity index is 684. The molecule has 4 nitrogen and oxygen atoms in total. The topological polar surface area (TPSA) is 53.3 Å². The van der Waals surface area contributed by atoms with E-state index in [0.717, 1.165) is 11.4 Å². The van der Waals surface area contributed by atoms with Gasteiger partial charge in [0.25, 0.3) is 0 Å². The van der Waals surface area contributed by atoms with Crippen LogP contribution in [0.2, 0.25) is 0 Å². The molecule has 1 spiro atoms. The zero-order valence-electron chi connectivity index (χ0n) is 12.5. The molecule has 0 saturated heterocycles. The van der Waals surface area contributed by atoms with E-state index in [1.54, 1.807) is 6.08 Å². The summed E-state index contributed by atoms with van der Waals surface area (Å²) in [6.45, 7) is 4.39. The smallest absolute Gasteiger partial charge is 0.178 e. The lowest BCUT2D eigenvalue weighted by Gasteiger charge is -2.46. The number of hydrogen-bond donors (Lipinski definition) is 0. The summed E-state index contributed by atoms with van der Waals surface area (Å²) in [7, 11) is 2.01. The van der Waals surface area contributed by atoms with E-state index in [4.69, 9.17) is 4.74 Å². The number of ketones is 1. The summed E-state index contributed by atoms with van der Waals surface area (Å²) in [6.07, 6.45) is 2.29. The SMILES string of the molecule is CN1CC2(C=C(C#N)C(=O)C(C)(C)C2)Oc2ccccc21. The van der Waals surface area contributed by atoms with E-state index in [-0.39, 0.29) is 11.4 Å². The molecular weight excluding hydrogens is 264 g/mol. The number of carbonyl (C=O) groups is 1. The van der Waals surface area contributed by atoms with Crippen LogP contribution in [0.3, 0.4) is 0 Å². The molecule has 1 atom stereocenters. The summed E-state index contributed by atoms with van der Waals surface area (Å²) in [5, 5.41) is 9.26. The van der Waals surface area contributed by atoms with Crippen molar-refractivity contribution in [2.45, 2.75) is 25.9 Å². The van der Waals surface area contributed by atoms with Gasteiger partial charge in [0.2, 0.25) is 0 Å². The van der Waals surface area contributed by atoms with Crippen molar-refractivity contribution < 1.29 is 9.53 Å². The van der Waals surface area contributed by atoms with Crippen molar-refractivity contribution in [1.82, 2.24) is 0 Å². The first-order chi connectivity index (χ1) is 9.87. The molecule has 2 aliphatic rings. The lowest BCUT2D eigenvalue weighted by atomic mass is 9.69. The number of para-hydroxylation sites is 2. The second kappa shape index (κ2) is 4.36. The average molecular weight is 282 g/mol. The van der Waals surface area contributed by atoms with Gasteiger partial charge < -0.3 is 9.64 Å². The molecule has 0 bridgehead atoms. The summed E-state index contributed by atoms with van der Waals surface area (Å²) in [5.74, 6) is 0.700. The molecule has 1 unspecified atom stereocenters. The highest BCUT2D eigenvalue weighted by Gasteiger charge is 2.49. The number of fused-ring (bicyclic) bond motifs is 1. The number of allylic oxidation sites excluding steroid dienone is 1. The van der Waals surface area contributed by atoms with Crippen LogP contribution in [-0.4, -0.2) is 25.0 Å². The van der Waals surface area contributed by atoms with Crippen LogP contribution in [0.15, 0.2) is 35.9 Å². The van der Waals surface area contributed by atoms with E-state index in [0.29, 0.717) is 13.0 Å². The zero-order chi connectivity index (χ0) is 15.3. The molecule has 1 aromatic rings. The van der Waals surface area contributed by atoms with E-state index < -0.39 is 11.0 Å². The quantitative estimate of drug-likeness (QED) is 0.734. The third-order valence-corrected chi connectivity index (χ3v) is 4.22. The molecule has 1 aromatic carbocycles. The molecule has 0 saturated carbocycles. The second-order valence-corrected chi connectivity index (χ2v) is 6.55. The minimum absolute atomic E-state index is 0.0965. The van der Waals surface area contributed by atoms with Crippen LogP contribution >= 0.6 is 0 Å². The summed E-state index contributed by atoms with van der Waals surface area (Å²) in [4.78, 5) is 14.4. The molecule has 108 valence electrons. The molecule has 0 aromatic heterocycles. The standard InChI is InChI=1S/C17H18N2O2/c1-16(2)10-17(8-12(9-18)15(16)20)11-19(3)13-6-4-5-7-14(13)21-17/h4-8H,10-11H2,1-3H3. The summed E-state index contributed by atoms with van der Waals surface area (Å²) in [5.41, 5.74) is 0.0298. The van der Waals surface area contributed by atoms with Crippen LogP contribution in [-0.2, 0) is 4.79 Å². The molecule has 0 fully saturated rings. The van der Waals surface area contributed by atoms with Crippen molar-refractivity contribution in [1.29, 1.82) is 5.26 Å². The van der Waals surface area contributed by atoms with Gasteiger partial charge in [0.1, 0.15) is 17.4 Å². The largest absolute Gasteiger partial charge is 0.479 e. The van der Waals surface area contributed by atoms with Crippen LogP contribution < -0.4 is 9.64 Å². The van der Waals surface area contributed by atoms with Gasteiger partial charge in [-0.15, -0.1) is 0 Å². The monoisotopic (exact) mass is 282 g/mol. The van der Waals surface area contributed by atoms with Crippen molar-refractivity contribution in [3.05, 3.63) is 35.9 Å². The fraction of sp³-hybridized carbons (Fsp3) is 0.412. The van der Waals surface area contributed by atoms with Crippen molar-refractivity contribution in [3.63, 3.8) is 0 Å². The first-order valence-corrected chi connectivity index (χ1v) is 7.04.